The lowest BCUT2D eigenvalue weighted by Gasteiger charge is -2.16. The number of hydrogen-bond acceptors (Lipinski definition) is 3. The topological polar surface area (TPSA) is 55.2 Å². The number of anilines is 1. The number of benzene rings is 2. The van der Waals surface area contributed by atoms with E-state index in [-0.39, 0.29) is 12.1 Å². The predicted molar refractivity (Wildman–Crippen MR) is 91.8 cm³/mol. The van der Waals surface area contributed by atoms with Crippen LogP contribution in [0.3, 0.4) is 0 Å². The molecular formula is C19H16FN3O2. The van der Waals surface area contributed by atoms with Crippen LogP contribution in [0.25, 0.3) is 11.0 Å². The van der Waals surface area contributed by atoms with E-state index < -0.39 is 23.7 Å². The van der Waals surface area contributed by atoms with Crippen molar-refractivity contribution >= 4 is 28.5 Å². The molecule has 1 aliphatic rings. The van der Waals surface area contributed by atoms with Gasteiger partial charge in [-0.1, -0.05) is 12.1 Å². The molecule has 25 heavy (non-hydrogen) atoms. The standard InChI is InChI=1S/C19H16FN3O2/c1-11-7-14-16(8-12(11)2)22(10-21-14)17-9-18(24)23(19(17)25)15-6-4-3-5-13(15)20/h3-8,10,17H,9H2,1-2H3/t17-/m1/s1. The summed E-state index contributed by atoms with van der Waals surface area (Å²) in [6.45, 7) is 3.98. The van der Waals surface area contributed by atoms with E-state index in [4.69, 9.17) is 0 Å². The summed E-state index contributed by atoms with van der Waals surface area (Å²) < 4.78 is 15.8. The number of aryl methyl sites for hydroxylation is 2. The molecule has 1 aliphatic heterocycles. The molecule has 0 aliphatic carbocycles. The van der Waals surface area contributed by atoms with Crippen LogP contribution in [0.1, 0.15) is 23.6 Å². The molecule has 2 amide bonds. The Bertz CT molecular complexity index is 1020. The lowest BCUT2D eigenvalue weighted by Crippen LogP contribution is -2.31. The lowest BCUT2D eigenvalue weighted by molar-refractivity contribution is -0.122. The summed E-state index contributed by atoms with van der Waals surface area (Å²) in [5.41, 5.74) is 3.75. The number of imidazole rings is 1. The molecule has 0 unspecified atom stereocenters. The minimum absolute atomic E-state index is 0.00329. The lowest BCUT2D eigenvalue weighted by atomic mass is 10.1. The highest BCUT2D eigenvalue weighted by Crippen LogP contribution is 2.33. The van der Waals surface area contributed by atoms with Gasteiger partial charge in [-0.3, -0.25) is 9.59 Å². The van der Waals surface area contributed by atoms with Gasteiger partial charge in [-0.15, -0.1) is 0 Å². The normalized spacial score (nSPS) is 17.7. The van der Waals surface area contributed by atoms with Gasteiger partial charge in [0.2, 0.25) is 5.91 Å². The SMILES string of the molecule is Cc1cc2ncn([C@@H]3CC(=O)N(c4ccccc4F)C3=O)c2cc1C. The molecule has 5 nitrogen and oxygen atoms in total. The van der Waals surface area contributed by atoms with Crippen LogP contribution in [0, 0.1) is 19.7 Å². The maximum atomic E-state index is 14.0. The monoisotopic (exact) mass is 337 g/mol. The molecule has 0 saturated carbocycles. The second kappa shape index (κ2) is 5.51. The summed E-state index contributed by atoms with van der Waals surface area (Å²) in [7, 11) is 0. The van der Waals surface area contributed by atoms with Crippen molar-refractivity contribution < 1.29 is 14.0 Å². The highest BCUT2D eigenvalue weighted by Gasteiger charge is 2.42. The molecule has 4 rings (SSSR count). The average Bonchev–Trinajstić information content (AvgIpc) is 3.09. The Morgan fingerprint density at radius 1 is 1.12 bits per heavy atom. The fourth-order valence-corrected chi connectivity index (χ4v) is 3.25. The molecule has 2 heterocycles. The molecule has 1 aromatic heterocycles. The van der Waals surface area contributed by atoms with E-state index in [0.717, 1.165) is 27.1 Å². The summed E-state index contributed by atoms with van der Waals surface area (Å²) >= 11 is 0. The highest BCUT2D eigenvalue weighted by atomic mass is 19.1. The summed E-state index contributed by atoms with van der Waals surface area (Å²) in [6.07, 6.45) is 1.57. The predicted octanol–water partition coefficient (Wildman–Crippen LogP) is 3.30. The smallest absolute Gasteiger partial charge is 0.257 e. The van der Waals surface area contributed by atoms with Crippen molar-refractivity contribution in [2.45, 2.75) is 26.3 Å². The van der Waals surface area contributed by atoms with Crippen molar-refractivity contribution in [3.05, 3.63) is 59.7 Å². The largest absolute Gasteiger partial charge is 0.317 e. The summed E-state index contributed by atoms with van der Waals surface area (Å²) in [5, 5.41) is 0. The van der Waals surface area contributed by atoms with E-state index in [0.29, 0.717) is 0 Å². The Morgan fingerprint density at radius 2 is 1.84 bits per heavy atom. The van der Waals surface area contributed by atoms with Gasteiger partial charge < -0.3 is 4.57 Å². The van der Waals surface area contributed by atoms with Gasteiger partial charge in [-0.05, 0) is 49.2 Å². The molecule has 1 atom stereocenters. The number of halogens is 1. The third kappa shape index (κ3) is 2.33. The molecule has 2 aromatic carbocycles. The van der Waals surface area contributed by atoms with E-state index in [1.165, 1.54) is 18.2 Å². The number of para-hydroxylation sites is 1. The van der Waals surface area contributed by atoms with Gasteiger partial charge in [-0.25, -0.2) is 14.3 Å². The Morgan fingerprint density at radius 3 is 2.60 bits per heavy atom. The van der Waals surface area contributed by atoms with Crippen molar-refractivity contribution in [1.29, 1.82) is 0 Å². The van der Waals surface area contributed by atoms with Crippen molar-refractivity contribution in [1.82, 2.24) is 9.55 Å². The van der Waals surface area contributed by atoms with Crippen LogP contribution in [0.5, 0.6) is 0 Å². The number of carbonyl (C=O) groups excluding carboxylic acids is 2. The van der Waals surface area contributed by atoms with E-state index in [2.05, 4.69) is 4.98 Å². The highest BCUT2D eigenvalue weighted by molar-refractivity contribution is 6.22. The maximum absolute atomic E-state index is 14.0. The zero-order valence-electron chi connectivity index (χ0n) is 13.9. The summed E-state index contributed by atoms with van der Waals surface area (Å²) in [4.78, 5) is 30.5. The first-order chi connectivity index (χ1) is 12.0. The van der Waals surface area contributed by atoms with Crippen LogP contribution in [0.15, 0.2) is 42.7 Å². The molecule has 126 valence electrons. The van der Waals surface area contributed by atoms with E-state index in [1.807, 2.05) is 26.0 Å². The zero-order chi connectivity index (χ0) is 17.7. The second-order valence-corrected chi connectivity index (χ2v) is 6.32. The third-order valence-corrected chi connectivity index (χ3v) is 4.74. The maximum Gasteiger partial charge on any atom is 0.257 e. The Labute approximate surface area is 143 Å². The van der Waals surface area contributed by atoms with Crippen LogP contribution in [0.2, 0.25) is 0 Å². The second-order valence-electron chi connectivity index (χ2n) is 6.32. The van der Waals surface area contributed by atoms with E-state index >= 15 is 0 Å². The van der Waals surface area contributed by atoms with Crippen LogP contribution >= 0.6 is 0 Å². The first-order valence-electron chi connectivity index (χ1n) is 8.02. The molecular weight excluding hydrogens is 321 g/mol. The van der Waals surface area contributed by atoms with Crippen molar-refractivity contribution in [3.63, 3.8) is 0 Å². The number of aromatic nitrogens is 2. The number of imide groups is 1. The first-order valence-corrected chi connectivity index (χ1v) is 8.02. The average molecular weight is 337 g/mol. The van der Waals surface area contributed by atoms with Crippen LogP contribution in [-0.4, -0.2) is 21.4 Å². The summed E-state index contributed by atoms with van der Waals surface area (Å²) in [6, 6.07) is 9.01. The molecule has 0 bridgehead atoms. The van der Waals surface area contributed by atoms with Crippen molar-refractivity contribution in [2.75, 3.05) is 4.90 Å². The number of carbonyl (C=O) groups is 2. The molecule has 0 spiro atoms. The first kappa shape index (κ1) is 15.5. The van der Waals surface area contributed by atoms with Crippen LogP contribution in [0.4, 0.5) is 10.1 Å². The fraction of sp³-hybridized carbons (Fsp3) is 0.211. The molecule has 3 aromatic rings. The van der Waals surface area contributed by atoms with Crippen molar-refractivity contribution in [3.8, 4) is 0 Å². The zero-order valence-corrected chi connectivity index (χ0v) is 13.9. The van der Waals surface area contributed by atoms with Gasteiger partial charge in [0.05, 0.1) is 29.5 Å². The van der Waals surface area contributed by atoms with Crippen LogP contribution < -0.4 is 4.90 Å². The molecule has 0 radical (unpaired) electrons. The molecule has 1 fully saturated rings. The van der Waals surface area contributed by atoms with Gasteiger partial charge in [0.1, 0.15) is 11.9 Å². The number of nitrogens with zero attached hydrogens (tertiary/aromatic N) is 3. The number of rotatable bonds is 2. The number of fused-ring (bicyclic) bond motifs is 1. The number of hydrogen-bond donors (Lipinski definition) is 0. The minimum Gasteiger partial charge on any atom is -0.317 e. The molecule has 0 N–H and O–H groups in total. The van der Waals surface area contributed by atoms with E-state index in [1.54, 1.807) is 17.0 Å². The van der Waals surface area contributed by atoms with Crippen molar-refractivity contribution in [2.24, 2.45) is 0 Å². The molecule has 1 saturated heterocycles. The van der Waals surface area contributed by atoms with Gasteiger partial charge in [0, 0.05) is 0 Å². The number of amides is 2. The van der Waals surface area contributed by atoms with Gasteiger partial charge in [-0.2, -0.15) is 0 Å². The van der Waals surface area contributed by atoms with Crippen LogP contribution in [-0.2, 0) is 9.59 Å². The third-order valence-electron chi connectivity index (χ3n) is 4.74. The van der Waals surface area contributed by atoms with Gasteiger partial charge in [0.25, 0.3) is 5.91 Å². The fourth-order valence-electron chi connectivity index (χ4n) is 3.25. The summed E-state index contributed by atoms with van der Waals surface area (Å²) in [5.74, 6) is -1.44. The Balaban J connectivity index is 1.78. The quantitative estimate of drug-likeness (QED) is 0.674. The van der Waals surface area contributed by atoms with E-state index in [9.17, 15) is 14.0 Å². The Kier molecular flexibility index (Phi) is 3.42. The minimum atomic E-state index is -0.709. The Hall–Kier alpha value is -3.02. The molecule has 6 heteroatoms. The van der Waals surface area contributed by atoms with Gasteiger partial charge >= 0.3 is 0 Å². The van der Waals surface area contributed by atoms with Gasteiger partial charge in [0.15, 0.2) is 0 Å².